The van der Waals surface area contributed by atoms with E-state index in [1.807, 2.05) is 48.5 Å². The lowest BCUT2D eigenvalue weighted by atomic mass is 10.1. The maximum Gasteiger partial charge on any atom is 0.214 e. The Bertz CT molecular complexity index is 830. The van der Waals surface area contributed by atoms with Crippen molar-refractivity contribution in [2.24, 2.45) is 0 Å². The van der Waals surface area contributed by atoms with Crippen LogP contribution in [-0.2, 0) is 11.2 Å². The Morgan fingerprint density at radius 2 is 1.83 bits per heavy atom. The number of carbonyl (C=O) groups excluding carboxylic acids is 1. The van der Waals surface area contributed by atoms with E-state index in [0.717, 1.165) is 24.0 Å². The SMILES string of the molecule is Cc1onc(-c2ccccc2Cl)c1N(C=O)CCc1ccccc1. The third kappa shape index (κ3) is 3.34. The number of aryl methyl sites for hydroxylation is 1. The molecule has 1 aromatic heterocycles. The Balaban J connectivity index is 1.91. The number of halogens is 1. The lowest BCUT2D eigenvalue weighted by Gasteiger charge is -2.17. The largest absolute Gasteiger partial charge is 0.359 e. The molecule has 5 heteroatoms. The van der Waals surface area contributed by atoms with Crippen LogP contribution in [0.5, 0.6) is 0 Å². The average molecular weight is 341 g/mol. The zero-order valence-electron chi connectivity index (χ0n) is 13.3. The summed E-state index contributed by atoms with van der Waals surface area (Å²) >= 11 is 6.27. The second kappa shape index (κ2) is 7.32. The van der Waals surface area contributed by atoms with E-state index in [4.69, 9.17) is 16.1 Å². The van der Waals surface area contributed by atoms with Gasteiger partial charge in [0.2, 0.25) is 6.41 Å². The van der Waals surface area contributed by atoms with Gasteiger partial charge < -0.3 is 9.42 Å². The molecule has 0 unspecified atom stereocenters. The summed E-state index contributed by atoms with van der Waals surface area (Å²) in [6.45, 7) is 2.33. The van der Waals surface area contributed by atoms with E-state index in [1.165, 1.54) is 0 Å². The van der Waals surface area contributed by atoms with Crippen molar-refractivity contribution in [3.05, 3.63) is 70.9 Å². The van der Waals surface area contributed by atoms with Gasteiger partial charge in [-0.25, -0.2) is 0 Å². The number of rotatable bonds is 6. The first-order valence-corrected chi connectivity index (χ1v) is 8.05. The van der Waals surface area contributed by atoms with Gasteiger partial charge in [0, 0.05) is 12.1 Å². The van der Waals surface area contributed by atoms with Gasteiger partial charge in [-0.15, -0.1) is 0 Å². The number of hydrogen-bond donors (Lipinski definition) is 0. The molecule has 0 aliphatic rings. The first-order valence-electron chi connectivity index (χ1n) is 7.67. The van der Waals surface area contributed by atoms with Crippen molar-refractivity contribution in [1.82, 2.24) is 5.16 Å². The molecule has 0 spiro atoms. The van der Waals surface area contributed by atoms with Crippen LogP contribution in [0.15, 0.2) is 59.1 Å². The van der Waals surface area contributed by atoms with Gasteiger partial charge in [0.05, 0.1) is 5.02 Å². The van der Waals surface area contributed by atoms with Gasteiger partial charge in [-0.2, -0.15) is 0 Å². The predicted molar refractivity (Wildman–Crippen MR) is 95.2 cm³/mol. The Labute approximate surface area is 145 Å². The molecule has 0 fully saturated rings. The third-order valence-electron chi connectivity index (χ3n) is 3.86. The molecule has 3 rings (SSSR count). The Hall–Kier alpha value is -2.59. The summed E-state index contributed by atoms with van der Waals surface area (Å²) in [5, 5.41) is 4.68. The quantitative estimate of drug-likeness (QED) is 0.620. The highest BCUT2D eigenvalue weighted by Crippen LogP contribution is 2.36. The van der Waals surface area contributed by atoms with Crippen LogP contribution in [0.25, 0.3) is 11.3 Å². The molecule has 0 radical (unpaired) electrons. The maximum atomic E-state index is 11.7. The molecule has 1 heterocycles. The van der Waals surface area contributed by atoms with Crippen LogP contribution in [-0.4, -0.2) is 18.1 Å². The van der Waals surface area contributed by atoms with Crippen LogP contribution in [0.3, 0.4) is 0 Å². The molecule has 0 saturated carbocycles. The van der Waals surface area contributed by atoms with Crippen molar-refractivity contribution >= 4 is 23.7 Å². The number of amides is 1. The normalized spacial score (nSPS) is 10.6. The summed E-state index contributed by atoms with van der Waals surface area (Å²) in [6.07, 6.45) is 1.55. The van der Waals surface area contributed by atoms with E-state index in [-0.39, 0.29) is 0 Å². The molecular formula is C19H17ClN2O2. The summed E-state index contributed by atoms with van der Waals surface area (Å²) in [6, 6.07) is 17.4. The monoisotopic (exact) mass is 340 g/mol. The fraction of sp³-hybridized carbons (Fsp3) is 0.158. The van der Waals surface area contributed by atoms with Crippen LogP contribution in [0.1, 0.15) is 11.3 Å². The Kier molecular flexibility index (Phi) is 4.96. The molecule has 1 amide bonds. The van der Waals surface area contributed by atoms with Gasteiger partial charge in [0.15, 0.2) is 5.76 Å². The molecule has 3 aromatic rings. The van der Waals surface area contributed by atoms with E-state index in [2.05, 4.69) is 5.16 Å². The first kappa shape index (κ1) is 16.3. The van der Waals surface area contributed by atoms with E-state index >= 15 is 0 Å². The van der Waals surface area contributed by atoms with Gasteiger partial charge in [0.1, 0.15) is 11.4 Å². The van der Waals surface area contributed by atoms with Gasteiger partial charge in [0.25, 0.3) is 0 Å². The molecule has 4 nitrogen and oxygen atoms in total. The average Bonchev–Trinajstić information content (AvgIpc) is 2.99. The molecule has 0 saturated heterocycles. The number of carbonyl (C=O) groups is 1. The Morgan fingerprint density at radius 1 is 1.12 bits per heavy atom. The van der Waals surface area contributed by atoms with E-state index in [1.54, 1.807) is 17.9 Å². The second-order valence-corrected chi connectivity index (χ2v) is 5.86. The van der Waals surface area contributed by atoms with Crippen molar-refractivity contribution in [2.45, 2.75) is 13.3 Å². The van der Waals surface area contributed by atoms with Crippen molar-refractivity contribution in [3.8, 4) is 11.3 Å². The predicted octanol–water partition coefficient (Wildman–Crippen LogP) is 4.51. The number of benzene rings is 2. The summed E-state index contributed by atoms with van der Waals surface area (Å²) in [5.41, 5.74) is 3.16. The van der Waals surface area contributed by atoms with Crippen molar-refractivity contribution in [1.29, 1.82) is 0 Å². The highest BCUT2D eigenvalue weighted by atomic mass is 35.5. The first-order chi connectivity index (χ1) is 11.7. The summed E-state index contributed by atoms with van der Waals surface area (Å²) < 4.78 is 5.33. The maximum absolute atomic E-state index is 11.7. The molecule has 0 N–H and O–H groups in total. The minimum absolute atomic E-state index is 0.535. The van der Waals surface area contributed by atoms with Crippen LogP contribution in [0.4, 0.5) is 5.69 Å². The number of aromatic nitrogens is 1. The number of nitrogens with zero attached hydrogens (tertiary/aromatic N) is 2. The Morgan fingerprint density at radius 3 is 2.54 bits per heavy atom. The summed E-state index contributed by atoms with van der Waals surface area (Å²) in [7, 11) is 0. The molecule has 2 aromatic carbocycles. The van der Waals surface area contributed by atoms with Gasteiger partial charge in [-0.1, -0.05) is 65.3 Å². The molecule has 0 aliphatic heterocycles. The van der Waals surface area contributed by atoms with Crippen LogP contribution in [0, 0.1) is 6.92 Å². The van der Waals surface area contributed by atoms with E-state index < -0.39 is 0 Å². The van der Waals surface area contributed by atoms with Gasteiger partial charge in [-0.3, -0.25) is 4.79 Å². The van der Waals surface area contributed by atoms with Crippen LogP contribution < -0.4 is 4.90 Å². The molecule has 24 heavy (non-hydrogen) atoms. The van der Waals surface area contributed by atoms with Gasteiger partial charge >= 0.3 is 0 Å². The van der Waals surface area contributed by atoms with Gasteiger partial charge in [-0.05, 0) is 25.0 Å². The smallest absolute Gasteiger partial charge is 0.214 e. The zero-order valence-corrected chi connectivity index (χ0v) is 14.0. The fourth-order valence-corrected chi connectivity index (χ4v) is 2.87. The number of hydrogen-bond acceptors (Lipinski definition) is 3. The lowest BCUT2D eigenvalue weighted by Crippen LogP contribution is -2.24. The van der Waals surface area contributed by atoms with E-state index in [0.29, 0.717) is 28.7 Å². The molecule has 0 bridgehead atoms. The van der Waals surface area contributed by atoms with Crippen molar-refractivity contribution in [2.75, 3.05) is 11.4 Å². The summed E-state index contributed by atoms with van der Waals surface area (Å²) in [4.78, 5) is 13.3. The minimum atomic E-state index is 0.535. The highest BCUT2D eigenvalue weighted by Gasteiger charge is 2.22. The minimum Gasteiger partial charge on any atom is -0.359 e. The molecular weight excluding hydrogens is 324 g/mol. The fourth-order valence-electron chi connectivity index (χ4n) is 2.65. The van der Waals surface area contributed by atoms with Crippen LogP contribution in [0.2, 0.25) is 5.02 Å². The molecule has 0 aliphatic carbocycles. The zero-order chi connectivity index (χ0) is 16.9. The molecule has 122 valence electrons. The highest BCUT2D eigenvalue weighted by molar-refractivity contribution is 6.33. The third-order valence-corrected chi connectivity index (χ3v) is 4.19. The number of anilines is 1. The molecule has 0 atom stereocenters. The van der Waals surface area contributed by atoms with Crippen LogP contribution >= 0.6 is 11.6 Å². The van der Waals surface area contributed by atoms with E-state index in [9.17, 15) is 4.79 Å². The van der Waals surface area contributed by atoms with Crippen molar-refractivity contribution in [3.63, 3.8) is 0 Å². The lowest BCUT2D eigenvalue weighted by molar-refractivity contribution is -0.107. The topological polar surface area (TPSA) is 46.3 Å². The second-order valence-electron chi connectivity index (χ2n) is 5.45. The van der Waals surface area contributed by atoms with Crippen molar-refractivity contribution < 1.29 is 9.32 Å². The standard InChI is InChI=1S/C19H17ClN2O2/c1-14-19(18(21-24-14)16-9-5-6-10-17(16)20)22(13-23)12-11-15-7-3-2-4-8-15/h2-10,13H,11-12H2,1H3. The summed E-state index contributed by atoms with van der Waals surface area (Å²) in [5.74, 6) is 0.588.